The lowest BCUT2D eigenvalue weighted by Gasteiger charge is -2.08. The number of amides is 1. The van der Waals surface area contributed by atoms with Gasteiger partial charge in [0.05, 0.1) is 6.54 Å². The van der Waals surface area contributed by atoms with Gasteiger partial charge in [-0.1, -0.05) is 30.3 Å². The Morgan fingerprint density at radius 3 is 2.54 bits per heavy atom. The first-order valence-corrected chi connectivity index (χ1v) is 8.19. The van der Waals surface area contributed by atoms with Crippen LogP contribution in [0.1, 0.15) is 15.2 Å². The first-order valence-electron chi connectivity index (χ1n) is 7.31. The Balaban J connectivity index is 1.60. The predicted octanol–water partition coefficient (Wildman–Crippen LogP) is 3.08. The quantitative estimate of drug-likeness (QED) is 0.699. The van der Waals surface area contributed by atoms with Crippen LogP contribution in [0.15, 0.2) is 53.9 Å². The third kappa shape index (κ3) is 3.72. The van der Waals surface area contributed by atoms with Gasteiger partial charge in [-0.3, -0.25) is 4.79 Å². The summed E-state index contributed by atoms with van der Waals surface area (Å²) in [5.74, 6) is -1.29. The molecule has 24 heavy (non-hydrogen) atoms. The van der Waals surface area contributed by atoms with Crippen molar-refractivity contribution in [1.82, 2.24) is 5.32 Å². The van der Waals surface area contributed by atoms with Gasteiger partial charge in [-0.15, -0.1) is 11.3 Å². The van der Waals surface area contributed by atoms with E-state index in [1.165, 1.54) is 17.4 Å². The van der Waals surface area contributed by atoms with E-state index in [9.17, 15) is 14.7 Å². The molecule has 0 unspecified atom stereocenters. The summed E-state index contributed by atoms with van der Waals surface area (Å²) >= 11 is 1.53. The summed E-state index contributed by atoms with van der Waals surface area (Å²) in [5.41, 5.74) is 0.0414. The van der Waals surface area contributed by atoms with Crippen LogP contribution >= 0.6 is 11.3 Å². The van der Waals surface area contributed by atoms with Gasteiger partial charge in [0.15, 0.2) is 6.61 Å². The van der Waals surface area contributed by atoms with Crippen LogP contribution in [0, 0.1) is 0 Å². The molecule has 0 aliphatic rings. The molecule has 1 amide bonds. The average molecular weight is 341 g/mol. The minimum Gasteiger partial charge on any atom is -0.507 e. The van der Waals surface area contributed by atoms with E-state index in [-0.39, 0.29) is 11.3 Å². The van der Waals surface area contributed by atoms with Gasteiger partial charge < -0.3 is 15.2 Å². The van der Waals surface area contributed by atoms with Crippen molar-refractivity contribution in [2.75, 3.05) is 6.61 Å². The molecule has 3 rings (SSSR count). The number of phenolic OH excluding ortho intramolecular Hbond substituents is 1. The molecular weight excluding hydrogens is 326 g/mol. The number of rotatable bonds is 5. The Bertz CT molecular complexity index is 874. The molecule has 0 fully saturated rings. The van der Waals surface area contributed by atoms with Crippen LogP contribution in [0.2, 0.25) is 0 Å². The van der Waals surface area contributed by atoms with Crippen LogP contribution in [-0.2, 0) is 16.1 Å². The van der Waals surface area contributed by atoms with Crippen LogP contribution in [0.4, 0.5) is 0 Å². The second-order valence-electron chi connectivity index (χ2n) is 5.15. The molecule has 1 heterocycles. The number of nitrogens with one attached hydrogen (secondary N) is 1. The number of hydrogen-bond acceptors (Lipinski definition) is 5. The van der Waals surface area contributed by atoms with Crippen molar-refractivity contribution < 1.29 is 19.4 Å². The lowest BCUT2D eigenvalue weighted by molar-refractivity contribution is -0.124. The van der Waals surface area contributed by atoms with Crippen molar-refractivity contribution >= 4 is 34.0 Å². The fourth-order valence-electron chi connectivity index (χ4n) is 2.25. The zero-order valence-corrected chi connectivity index (χ0v) is 13.5. The minimum atomic E-state index is -0.732. The number of phenols is 1. The third-order valence-electron chi connectivity index (χ3n) is 3.46. The van der Waals surface area contributed by atoms with Crippen LogP contribution in [0.3, 0.4) is 0 Å². The second kappa shape index (κ2) is 7.14. The maximum absolute atomic E-state index is 12.1. The maximum Gasteiger partial charge on any atom is 0.342 e. The number of carbonyl (C=O) groups excluding carboxylic acids is 2. The van der Waals surface area contributed by atoms with E-state index in [1.54, 1.807) is 6.07 Å². The highest BCUT2D eigenvalue weighted by molar-refractivity contribution is 7.09. The Morgan fingerprint density at radius 1 is 1.08 bits per heavy atom. The molecular formula is C18H15NO4S. The molecule has 3 aromatic rings. The highest BCUT2D eigenvalue weighted by Gasteiger charge is 2.15. The maximum atomic E-state index is 12.1. The third-order valence-corrected chi connectivity index (χ3v) is 4.33. The van der Waals surface area contributed by atoms with Crippen LogP contribution in [-0.4, -0.2) is 23.6 Å². The second-order valence-corrected chi connectivity index (χ2v) is 6.18. The normalized spacial score (nSPS) is 10.5. The number of thiophene rings is 1. The van der Waals surface area contributed by atoms with Gasteiger partial charge in [0.2, 0.25) is 0 Å². The summed E-state index contributed by atoms with van der Waals surface area (Å²) in [4.78, 5) is 24.8. The molecule has 2 aromatic carbocycles. The zero-order valence-electron chi connectivity index (χ0n) is 12.7. The van der Waals surface area contributed by atoms with E-state index >= 15 is 0 Å². The summed E-state index contributed by atoms with van der Waals surface area (Å²) in [6.45, 7) is 0.00570. The monoisotopic (exact) mass is 341 g/mol. The van der Waals surface area contributed by atoms with Crippen molar-refractivity contribution in [3.8, 4) is 5.75 Å². The standard InChI is InChI=1S/C18H15NO4S/c20-16-9-13-5-2-1-4-12(13)8-15(16)18(22)23-11-17(21)19-10-14-6-3-7-24-14/h1-9,20H,10-11H2,(H,19,21). The summed E-state index contributed by atoms with van der Waals surface area (Å²) in [7, 11) is 0. The first-order chi connectivity index (χ1) is 11.6. The number of benzene rings is 2. The van der Waals surface area contributed by atoms with E-state index in [0.29, 0.717) is 6.54 Å². The van der Waals surface area contributed by atoms with E-state index in [1.807, 2.05) is 41.8 Å². The molecule has 0 atom stereocenters. The fraction of sp³-hybridized carbons (Fsp3) is 0.111. The molecule has 0 bridgehead atoms. The van der Waals surface area contributed by atoms with Crippen LogP contribution in [0.5, 0.6) is 5.75 Å². The Morgan fingerprint density at radius 2 is 1.83 bits per heavy atom. The van der Waals surface area contributed by atoms with Gasteiger partial charge in [-0.25, -0.2) is 4.79 Å². The van der Waals surface area contributed by atoms with E-state index in [4.69, 9.17) is 4.74 Å². The number of ether oxygens (including phenoxy) is 1. The molecule has 0 aliphatic carbocycles. The number of fused-ring (bicyclic) bond motifs is 1. The molecule has 6 heteroatoms. The smallest absolute Gasteiger partial charge is 0.342 e. The summed E-state index contributed by atoms with van der Waals surface area (Å²) in [6, 6.07) is 14.2. The van der Waals surface area contributed by atoms with Gasteiger partial charge in [-0.05, 0) is 34.4 Å². The summed E-state index contributed by atoms with van der Waals surface area (Å²) in [6.07, 6.45) is 0. The van der Waals surface area contributed by atoms with Crippen molar-refractivity contribution in [3.63, 3.8) is 0 Å². The molecule has 0 saturated carbocycles. The number of hydrogen-bond donors (Lipinski definition) is 2. The molecule has 122 valence electrons. The highest BCUT2D eigenvalue weighted by Crippen LogP contribution is 2.25. The van der Waals surface area contributed by atoms with Crippen molar-refractivity contribution in [1.29, 1.82) is 0 Å². The van der Waals surface area contributed by atoms with Crippen LogP contribution < -0.4 is 5.32 Å². The van der Waals surface area contributed by atoms with Crippen molar-refractivity contribution in [3.05, 3.63) is 64.4 Å². The lowest BCUT2D eigenvalue weighted by Crippen LogP contribution is -2.28. The van der Waals surface area contributed by atoms with Gasteiger partial charge in [-0.2, -0.15) is 0 Å². The molecule has 2 N–H and O–H groups in total. The lowest BCUT2D eigenvalue weighted by atomic mass is 10.1. The molecule has 0 saturated heterocycles. The van der Waals surface area contributed by atoms with E-state index < -0.39 is 18.5 Å². The van der Waals surface area contributed by atoms with Crippen molar-refractivity contribution in [2.24, 2.45) is 0 Å². The highest BCUT2D eigenvalue weighted by atomic mass is 32.1. The zero-order chi connectivity index (χ0) is 16.9. The Kier molecular flexibility index (Phi) is 4.77. The van der Waals surface area contributed by atoms with Crippen LogP contribution in [0.25, 0.3) is 10.8 Å². The average Bonchev–Trinajstić information content (AvgIpc) is 3.10. The summed E-state index contributed by atoms with van der Waals surface area (Å²) in [5, 5.41) is 16.2. The molecule has 0 spiro atoms. The molecule has 0 radical (unpaired) electrons. The predicted molar refractivity (Wildman–Crippen MR) is 92.1 cm³/mol. The minimum absolute atomic E-state index is 0.0414. The molecule has 0 aliphatic heterocycles. The fourth-order valence-corrected chi connectivity index (χ4v) is 2.90. The van der Waals surface area contributed by atoms with Gasteiger partial charge >= 0.3 is 5.97 Å². The SMILES string of the molecule is O=C(COC(=O)c1cc2ccccc2cc1O)NCc1cccs1. The topological polar surface area (TPSA) is 75.6 Å². The van der Waals surface area contributed by atoms with Gasteiger partial charge in [0.25, 0.3) is 5.91 Å². The number of carbonyl (C=O) groups is 2. The number of aromatic hydroxyl groups is 1. The first kappa shape index (κ1) is 16.0. The number of esters is 1. The molecule has 1 aromatic heterocycles. The van der Waals surface area contributed by atoms with Gasteiger partial charge in [0, 0.05) is 4.88 Å². The Hall–Kier alpha value is -2.86. The molecule has 5 nitrogen and oxygen atoms in total. The van der Waals surface area contributed by atoms with E-state index in [0.717, 1.165) is 15.6 Å². The Labute approximate surface area is 142 Å². The van der Waals surface area contributed by atoms with Gasteiger partial charge in [0.1, 0.15) is 11.3 Å². The van der Waals surface area contributed by atoms with E-state index in [2.05, 4.69) is 5.32 Å². The largest absolute Gasteiger partial charge is 0.507 e. The van der Waals surface area contributed by atoms with Crippen molar-refractivity contribution in [2.45, 2.75) is 6.54 Å². The summed E-state index contributed by atoms with van der Waals surface area (Å²) < 4.78 is 4.98.